The zero-order valence-electron chi connectivity index (χ0n) is 8.69. The molecular weight excluding hydrogens is 176 g/mol. The molecule has 0 unspecified atom stereocenters. The number of aliphatic hydroxyl groups is 1. The molecule has 0 saturated heterocycles. The lowest BCUT2D eigenvalue weighted by molar-refractivity contribution is 0.260. The molecule has 0 aliphatic rings. The third kappa shape index (κ3) is 4.35. The van der Waals surface area contributed by atoms with E-state index in [1.807, 2.05) is 24.4 Å². The summed E-state index contributed by atoms with van der Waals surface area (Å²) in [7, 11) is 2.08. The SMILES string of the molecule is CN(CCCCO)Cc1ccccn1. The van der Waals surface area contributed by atoms with Crippen molar-refractivity contribution in [1.29, 1.82) is 0 Å². The van der Waals surface area contributed by atoms with Crippen LogP contribution in [-0.2, 0) is 6.54 Å². The average molecular weight is 194 g/mol. The van der Waals surface area contributed by atoms with Crippen molar-refractivity contribution in [2.45, 2.75) is 19.4 Å². The Labute approximate surface area is 85.4 Å². The van der Waals surface area contributed by atoms with Gasteiger partial charge in [0.1, 0.15) is 0 Å². The van der Waals surface area contributed by atoms with Crippen LogP contribution in [0.15, 0.2) is 24.4 Å². The molecule has 0 amide bonds. The van der Waals surface area contributed by atoms with Gasteiger partial charge < -0.3 is 10.0 Å². The lowest BCUT2D eigenvalue weighted by Gasteiger charge is -2.15. The summed E-state index contributed by atoms with van der Waals surface area (Å²) in [5.41, 5.74) is 1.10. The molecule has 0 aliphatic carbocycles. The maximum Gasteiger partial charge on any atom is 0.0543 e. The summed E-state index contributed by atoms with van der Waals surface area (Å²) in [5, 5.41) is 8.64. The largest absolute Gasteiger partial charge is 0.396 e. The summed E-state index contributed by atoms with van der Waals surface area (Å²) in [6, 6.07) is 5.96. The van der Waals surface area contributed by atoms with Gasteiger partial charge in [0.05, 0.1) is 5.69 Å². The minimum Gasteiger partial charge on any atom is -0.396 e. The van der Waals surface area contributed by atoms with Crippen LogP contribution >= 0.6 is 0 Å². The molecule has 3 nitrogen and oxygen atoms in total. The summed E-state index contributed by atoms with van der Waals surface area (Å²) >= 11 is 0. The van der Waals surface area contributed by atoms with E-state index in [2.05, 4.69) is 16.9 Å². The van der Waals surface area contributed by atoms with E-state index in [4.69, 9.17) is 5.11 Å². The van der Waals surface area contributed by atoms with Crippen molar-refractivity contribution < 1.29 is 5.11 Å². The van der Waals surface area contributed by atoms with Crippen LogP contribution in [0, 0.1) is 0 Å². The summed E-state index contributed by atoms with van der Waals surface area (Å²) in [5.74, 6) is 0. The van der Waals surface area contributed by atoms with E-state index in [1.165, 1.54) is 0 Å². The third-order valence-corrected chi connectivity index (χ3v) is 2.11. The standard InChI is InChI=1S/C11H18N2O/c1-13(8-4-5-9-14)10-11-6-2-3-7-12-11/h2-3,6-7,14H,4-5,8-10H2,1H3. The van der Waals surface area contributed by atoms with Crippen LogP contribution < -0.4 is 0 Å². The number of pyridine rings is 1. The van der Waals surface area contributed by atoms with Crippen LogP contribution in [-0.4, -0.2) is 35.2 Å². The molecule has 0 radical (unpaired) electrons. The van der Waals surface area contributed by atoms with Gasteiger partial charge in [-0.25, -0.2) is 0 Å². The molecular formula is C11H18N2O. The summed E-state index contributed by atoms with van der Waals surface area (Å²) < 4.78 is 0. The topological polar surface area (TPSA) is 36.4 Å². The van der Waals surface area contributed by atoms with Crippen LogP contribution in [0.3, 0.4) is 0 Å². The first-order valence-electron chi connectivity index (χ1n) is 5.02. The number of unbranched alkanes of at least 4 members (excludes halogenated alkanes) is 1. The highest BCUT2D eigenvalue weighted by Gasteiger charge is 1.99. The zero-order valence-corrected chi connectivity index (χ0v) is 8.69. The normalized spacial score (nSPS) is 10.8. The highest BCUT2D eigenvalue weighted by Crippen LogP contribution is 2.00. The summed E-state index contributed by atoms with van der Waals surface area (Å²) in [6.45, 7) is 2.18. The van der Waals surface area contributed by atoms with Crippen molar-refractivity contribution in [3.8, 4) is 0 Å². The first-order valence-corrected chi connectivity index (χ1v) is 5.02. The van der Waals surface area contributed by atoms with Gasteiger partial charge in [0, 0.05) is 19.3 Å². The number of hydrogen-bond donors (Lipinski definition) is 1. The Morgan fingerprint density at radius 2 is 2.21 bits per heavy atom. The molecule has 14 heavy (non-hydrogen) atoms. The Hall–Kier alpha value is -0.930. The van der Waals surface area contributed by atoms with Crippen LogP contribution in [0.5, 0.6) is 0 Å². The first-order chi connectivity index (χ1) is 6.83. The van der Waals surface area contributed by atoms with Gasteiger partial charge in [0.25, 0.3) is 0 Å². The van der Waals surface area contributed by atoms with Gasteiger partial charge in [0.2, 0.25) is 0 Å². The van der Waals surface area contributed by atoms with Crippen molar-refractivity contribution in [3.05, 3.63) is 30.1 Å². The predicted octanol–water partition coefficient (Wildman–Crippen LogP) is 1.29. The second kappa shape index (κ2) is 6.51. The van der Waals surface area contributed by atoms with Gasteiger partial charge in [-0.2, -0.15) is 0 Å². The zero-order chi connectivity index (χ0) is 10.2. The highest BCUT2D eigenvalue weighted by atomic mass is 16.2. The second-order valence-corrected chi connectivity index (χ2v) is 3.49. The molecule has 0 aromatic carbocycles. The lowest BCUT2D eigenvalue weighted by atomic mass is 10.3. The van der Waals surface area contributed by atoms with Crippen molar-refractivity contribution in [2.24, 2.45) is 0 Å². The van der Waals surface area contributed by atoms with Crippen LogP contribution in [0.1, 0.15) is 18.5 Å². The quantitative estimate of drug-likeness (QED) is 0.693. The maximum absolute atomic E-state index is 8.64. The number of hydrogen-bond acceptors (Lipinski definition) is 3. The van der Waals surface area contributed by atoms with E-state index >= 15 is 0 Å². The third-order valence-electron chi connectivity index (χ3n) is 2.11. The van der Waals surface area contributed by atoms with Crippen LogP contribution in [0.2, 0.25) is 0 Å². The Kier molecular flexibility index (Phi) is 5.19. The fourth-order valence-corrected chi connectivity index (χ4v) is 1.34. The van der Waals surface area contributed by atoms with Crippen LogP contribution in [0.25, 0.3) is 0 Å². The predicted molar refractivity (Wildman–Crippen MR) is 56.9 cm³/mol. The number of nitrogens with zero attached hydrogens (tertiary/aromatic N) is 2. The second-order valence-electron chi connectivity index (χ2n) is 3.49. The Balaban J connectivity index is 2.23. The van der Waals surface area contributed by atoms with E-state index < -0.39 is 0 Å². The van der Waals surface area contributed by atoms with Crippen molar-refractivity contribution in [2.75, 3.05) is 20.2 Å². The Morgan fingerprint density at radius 1 is 1.36 bits per heavy atom. The molecule has 1 rings (SSSR count). The van der Waals surface area contributed by atoms with Gasteiger partial charge in [0.15, 0.2) is 0 Å². The minimum atomic E-state index is 0.289. The number of aromatic nitrogens is 1. The molecule has 78 valence electrons. The maximum atomic E-state index is 8.64. The molecule has 1 heterocycles. The number of aliphatic hydroxyl groups excluding tert-OH is 1. The molecule has 0 atom stereocenters. The summed E-state index contributed by atoms with van der Waals surface area (Å²) in [4.78, 5) is 6.48. The molecule has 0 aliphatic heterocycles. The Bertz CT molecular complexity index is 238. The van der Waals surface area contributed by atoms with Crippen molar-refractivity contribution >= 4 is 0 Å². The first kappa shape index (κ1) is 11.1. The monoisotopic (exact) mass is 194 g/mol. The molecule has 1 N–H and O–H groups in total. The van der Waals surface area contributed by atoms with Gasteiger partial charge in [-0.3, -0.25) is 4.98 Å². The molecule has 0 fully saturated rings. The van der Waals surface area contributed by atoms with Gasteiger partial charge in [-0.15, -0.1) is 0 Å². The van der Waals surface area contributed by atoms with E-state index in [0.717, 1.165) is 31.6 Å². The molecule has 0 bridgehead atoms. The Morgan fingerprint density at radius 3 is 2.86 bits per heavy atom. The lowest BCUT2D eigenvalue weighted by Crippen LogP contribution is -2.19. The van der Waals surface area contributed by atoms with Crippen molar-refractivity contribution in [1.82, 2.24) is 9.88 Å². The molecule has 1 aromatic heterocycles. The fourth-order valence-electron chi connectivity index (χ4n) is 1.34. The fraction of sp³-hybridized carbons (Fsp3) is 0.545. The van der Waals surface area contributed by atoms with E-state index in [9.17, 15) is 0 Å². The highest BCUT2D eigenvalue weighted by molar-refractivity contribution is 5.02. The van der Waals surface area contributed by atoms with Crippen molar-refractivity contribution in [3.63, 3.8) is 0 Å². The molecule has 0 saturated carbocycles. The molecule has 0 spiro atoms. The average Bonchev–Trinajstić information content (AvgIpc) is 2.20. The number of rotatable bonds is 6. The molecule has 1 aromatic rings. The molecule has 3 heteroatoms. The smallest absolute Gasteiger partial charge is 0.0543 e. The van der Waals surface area contributed by atoms with Gasteiger partial charge >= 0.3 is 0 Å². The minimum absolute atomic E-state index is 0.289. The summed E-state index contributed by atoms with van der Waals surface area (Å²) in [6.07, 6.45) is 3.74. The van der Waals surface area contributed by atoms with E-state index in [1.54, 1.807) is 0 Å². The van der Waals surface area contributed by atoms with E-state index in [-0.39, 0.29) is 6.61 Å². The van der Waals surface area contributed by atoms with Gasteiger partial charge in [-0.1, -0.05) is 6.07 Å². The van der Waals surface area contributed by atoms with Gasteiger partial charge in [-0.05, 0) is 38.6 Å². The van der Waals surface area contributed by atoms with Crippen LogP contribution in [0.4, 0.5) is 0 Å². The van der Waals surface area contributed by atoms with E-state index in [0.29, 0.717) is 0 Å².